The zero-order valence-corrected chi connectivity index (χ0v) is 7.11. The minimum absolute atomic E-state index is 0. The molecule has 0 bridgehead atoms. The zero-order valence-electron chi connectivity index (χ0n) is 7.11. The molecule has 0 amide bonds. The van der Waals surface area contributed by atoms with Gasteiger partial charge in [0.15, 0.2) is 0 Å². The lowest BCUT2D eigenvalue weighted by atomic mass is 9.94. The van der Waals surface area contributed by atoms with Crippen molar-refractivity contribution in [1.82, 2.24) is 5.32 Å². The molecule has 0 aromatic carbocycles. The van der Waals surface area contributed by atoms with Gasteiger partial charge >= 0.3 is 0 Å². The highest BCUT2D eigenvalue weighted by atomic mass is 16.5. The van der Waals surface area contributed by atoms with Gasteiger partial charge in [0.1, 0.15) is 0 Å². The highest BCUT2D eigenvalue weighted by Gasteiger charge is 2.27. The molecule has 0 saturated carbocycles. The van der Waals surface area contributed by atoms with E-state index in [2.05, 4.69) is 19.2 Å². The maximum Gasteiger partial charge on any atom is 0.0641 e. The Balaban J connectivity index is 0.000001000. The van der Waals surface area contributed by atoms with Crippen LogP contribution in [0.1, 0.15) is 34.1 Å². The Morgan fingerprint density at radius 1 is 1.45 bits per heavy atom. The Morgan fingerprint density at radius 3 is 2.45 bits per heavy atom. The molecule has 2 heteroatoms. The average Bonchev–Trinajstić information content (AvgIpc) is 1.86. The quantitative estimate of drug-likeness (QED) is 0.630. The van der Waals surface area contributed by atoms with E-state index >= 15 is 0 Å². The molecule has 1 aliphatic rings. The van der Waals surface area contributed by atoms with Crippen LogP contribution in [0.25, 0.3) is 0 Å². The van der Waals surface area contributed by atoms with Crippen LogP contribution in [0.15, 0.2) is 0 Å². The third kappa shape index (κ3) is 3.21. The van der Waals surface area contributed by atoms with Crippen molar-refractivity contribution in [2.75, 3.05) is 13.7 Å². The van der Waals surface area contributed by atoms with E-state index in [0.29, 0.717) is 6.04 Å². The first-order valence-corrected chi connectivity index (χ1v) is 3.95. The minimum Gasteiger partial charge on any atom is -0.375 e. The number of nitrogens with one attached hydrogen (secondary N) is 1. The van der Waals surface area contributed by atoms with Gasteiger partial charge in [-0.25, -0.2) is 0 Å². The Kier molecular flexibility index (Phi) is 4.04. The molecule has 1 atom stereocenters. The highest BCUT2D eigenvalue weighted by Crippen LogP contribution is 2.23. The second-order valence-corrected chi connectivity index (χ2v) is 3.59. The van der Waals surface area contributed by atoms with Crippen molar-refractivity contribution in [2.24, 2.45) is 0 Å². The van der Waals surface area contributed by atoms with Gasteiger partial charge in [0.2, 0.25) is 0 Å². The molecule has 1 heterocycles. The first-order valence-electron chi connectivity index (χ1n) is 3.95. The SMILES string of the molecule is C.CN[C@@H]1CCOC(C)(C)C1. The Hall–Kier alpha value is -0.0800. The second kappa shape index (κ2) is 4.07. The van der Waals surface area contributed by atoms with Crippen LogP contribution in [0.5, 0.6) is 0 Å². The van der Waals surface area contributed by atoms with E-state index in [1.807, 2.05) is 7.05 Å². The van der Waals surface area contributed by atoms with Crippen LogP contribution in [0.2, 0.25) is 0 Å². The molecular weight excluding hydrogens is 138 g/mol. The van der Waals surface area contributed by atoms with Crippen molar-refractivity contribution < 1.29 is 4.74 Å². The summed E-state index contributed by atoms with van der Waals surface area (Å²) in [5.41, 5.74) is 0.0892. The maximum absolute atomic E-state index is 5.56. The zero-order chi connectivity index (χ0) is 7.61. The molecule has 0 aromatic rings. The van der Waals surface area contributed by atoms with E-state index in [-0.39, 0.29) is 13.0 Å². The lowest BCUT2D eigenvalue weighted by Gasteiger charge is -2.35. The summed E-state index contributed by atoms with van der Waals surface area (Å²) in [6.07, 6.45) is 2.28. The summed E-state index contributed by atoms with van der Waals surface area (Å²) < 4.78 is 5.56. The van der Waals surface area contributed by atoms with Crippen LogP contribution in [0.4, 0.5) is 0 Å². The summed E-state index contributed by atoms with van der Waals surface area (Å²) in [7, 11) is 2.02. The molecule has 1 aliphatic heterocycles. The minimum atomic E-state index is 0. The summed E-state index contributed by atoms with van der Waals surface area (Å²) in [5, 5.41) is 3.28. The third-order valence-corrected chi connectivity index (χ3v) is 2.11. The van der Waals surface area contributed by atoms with Crippen molar-refractivity contribution >= 4 is 0 Å². The van der Waals surface area contributed by atoms with Crippen molar-refractivity contribution in [1.29, 1.82) is 0 Å². The van der Waals surface area contributed by atoms with Gasteiger partial charge in [-0.05, 0) is 33.7 Å². The standard InChI is InChI=1S/C8H17NO.CH4/c1-8(2)6-7(9-3)4-5-10-8;/h7,9H,4-6H2,1-3H3;1H4/t7-;/m1./s1. The van der Waals surface area contributed by atoms with Gasteiger partial charge in [-0.3, -0.25) is 0 Å². The van der Waals surface area contributed by atoms with Crippen molar-refractivity contribution in [2.45, 2.75) is 45.8 Å². The molecule has 0 aromatic heterocycles. The number of rotatable bonds is 1. The van der Waals surface area contributed by atoms with Crippen LogP contribution in [0, 0.1) is 0 Å². The van der Waals surface area contributed by atoms with Gasteiger partial charge in [0, 0.05) is 12.6 Å². The summed E-state index contributed by atoms with van der Waals surface area (Å²) in [6, 6.07) is 0.656. The van der Waals surface area contributed by atoms with Crippen molar-refractivity contribution in [3.05, 3.63) is 0 Å². The molecule has 1 fully saturated rings. The van der Waals surface area contributed by atoms with Gasteiger partial charge < -0.3 is 10.1 Å². The molecular formula is C9H21NO. The number of ether oxygens (including phenoxy) is 1. The molecule has 1 saturated heterocycles. The molecule has 0 aliphatic carbocycles. The van der Waals surface area contributed by atoms with E-state index in [9.17, 15) is 0 Å². The van der Waals surface area contributed by atoms with E-state index in [4.69, 9.17) is 4.74 Å². The third-order valence-electron chi connectivity index (χ3n) is 2.11. The fourth-order valence-corrected chi connectivity index (χ4v) is 1.48. The Labute approximate surface area is 70.3 Å². The molecule has 68 valence electrons. The topological polar surface area (TPSA) is 21.3 Å². The first kappa shape index (κ1) is 10.9. The molecule has 1 rings (SSSR count). The Morgan fingerprint density at radius 2 is 2.09 bits per heavy atom. The fourth-order valence-electron chi connectivity index (χ4n) is 1.48. The molecule has 0 unspecified atom stereocenters. The number of hydrogen-bond acceptors (Lipinski definition) is 2. The van der Waals surface area contributed by atoms with Gasteiger partial charge in [-0.1, -0.05) is 7.43 Å². The van der Waals surface area contributed by atoms with Crippen LogP contribution < -0.4 is 5.32 Å². The predicted octanol–water partition coefficient (Wildman–Crippen LogP) is 1.80. The monoisotopic (exact) mass is 159 g/mol. The average molecular weight is 159 g/mol. The van der Waals surface area contributed by atoms with Crippen molar-refractivity contribution in [3.63, 3.8) is 0 Å². The van der Waals surface area contributed by atoms with E-state index in [0.717, 1.165) is 19.4 Å². The van der Waals surface area contributed by atoms with Crippen LogP contribution in [-0.2, 0) is 4.74 Å². The molecule has 1 N–H and O–H groups in total. The summed E-state index contributed by atoms with van der Waals surface area (Å²) >= 11 is 0. The lowest BCUT2D eigenvalue weighted by Crippen LogP contribution is -2.42. The normalized spacial score (nSPS) is 29.2. The summed E-state index contributed by atoms with van der Waals surface area (Å²) in [5.74, 6) is 0. The van der Waals surface area contributed by atoms with Crippen molar-refractivity contribution in [3.8, 4) is 0 Å². The second-order valence-electron chi connectivity index (χ2n) is 3.59. The summed E-state index contributed by atoms with van der Waals surface area (Å²) in [4.78, 5) is 0. The van der Waals surface area contributed by atoms with Gasteiger partial charge in [0.25, 0.3) is 0 Å². The molecule has 2 nitrogen and oxygen atoms in total. The number of hydrogen-bond donors (Lipinski definition) is 1. The van der Waals surface area contributed by atoms with Crippen LogP contribution in [-0.4, -0.2) is 25.3 Å². The first-order chi connectivity index (χ1) is 4.64. The Bertz CT molecular complexity index is 112. The molecule has 11 heavy (non-hydrogen) atoms. The van der Waals surface area contributed by atoms with E-state index in [1.165, 1.54) is 0 Å². The van der Waals surface area contributed by atoms with Gasteiger partial charge in [-0.15, -0.1) is 0 Å². The van der Waals surface area contributed by atoms with E-state index in [1.54, 1.807) is 0 Å². The van der Waals surface area contributed by atoms with Gasteiger partial charge in [-0.2, -0.15) is 0 Å². The van der Waals surface area contributed by atoms with Crippen LogP contribution >= 0.6 is 0 Å². The van der Waals surface area contributed by atoms with E-state index < -0.39 is 0 Å². The maximum atomic E-state index is 5.56. The smallest absolute Gasteiger partial charge is 0.0641 e. The lowest BCUT2D eigenvalue weighted by molar-refractivity contribution is -0.0619. The molecule has 0 radical (unpaired) electrons. The summed E-state index contributed by atoms with van der Waals surface area (Å²) in [6.45, 7) is 5.20. The highest BCUT2D eigenvalue weighted by molar-refractivity contribution is 4.81. The largest absolute Gasteiger partial charge is 0.375 e. The van der Waals surface area contributed by atoms with Gasteiger partial charge in [0.05, 0.1) is 5.60 Å². The van der Waals surface area contributed by atoms with Crippen LogP contribution in [0.3, 0.4) is 0 Å². The molecule has 0 spiro atoms. The predicted molar refractivity (Wildman–Crippen MR) is 48.8 cm³/mol. The fraction of sp³-hybridized carbons (Fsp3) is 1.00.